The van der Waals surface area contributed by atoms with E-state index in [9.17, 15) is 9.59 Å². The number of nitrogens with zero attached hydrogens (tertiary/aromatic N) is 4. The van der Waals surface area contributed by atoms with Crippen LogP contribution in [0.3, 0.4) is 0 Å². The largest absolute Gasteiger partial charge is 0.354 e. The number of aromatic nitrogens is 2. The van der Waals surface area contributed by atoms with E-state index < -0.39 is 6.04 Å². The fourth-order valence-electron chi connectivity index (χ4n) is 3.15. The number of nitrogens with two attached hydrogens (primary N) is 1. The average molecular weight is 455 g/mol. The number of carbonyl (C=O) groups is 2. The summed E-state index contributed by atoms with van der Waals surface area (Å²) in [5.41, 5.74) is 6.97. The summed E-state index contributed by atoms with van der Waals surface area (Å²) in [4.78, 5) is 36.9. The van der Waals surface area contributed by atoms with Crippen LogP contribution in [0.1, 0.15) is 12.0 Å². The van der Waals surface area contributed by atoms with Crippen molar-refractivity contribution in [3.8, 4) is 0 Å². The number of amides is 2. The molecule has 2 heterocycles. The fraction of sp³-hybridized carbons (Fsp3) is 0.400. The molecule has 1 aliphatic heterocycles. The maximum absolute atomic E-state index is 12.4. The summed E-state index contributed by atoms with van der Waals surface area (Å²) in [5.74, 6) is 0.488. The lowest BCUT2D eigenvalue weighted by Crippen LogP contribution is -2.50. The SMILES string of the molecule is Cl.Cl.NC(Cc1ccccc1)C(=O)NCCC(=O)N1CCN(c2ncccn2)CC1. The van der Waals surface area contributed by atoms with Gasteiger partial charge in [0, 0.05) is 51.5 Å². The zero-order valence-corrected chi connectivity index (χ0v) is 18.3. The first-order valence-electron chi connectivity index (χ1n) is 9.50. The number of carbonyl (C=O) groups excluding carboxylic acids is 2. The molecular weight excluding hydrogens is 427 g/mol. The highest BCUT2D eigenvalue weighted by molar-refractivity contribution is 5.85. The Bertz CT molecular complexity index is 773. The number of anilines is 1. The number of hydrogen-bond acceptors (Lipinski definition) is 6. The Hall–Kier alpha value is -2.42. The quantitative estimate of drug-likeness (QED) is 0.647. The summed E-state index contributed by atoms with van der Waals surface area (Å²) in [6, 6.07) is 10.8. The number of halogens is 2. The Kier molecular flexibility index (Phi) is 11.1. The van der Waals surface area contributed by atoms with Gasteiger partial charge in [-0.2, -0.15) is 0 Å². The van der Waals surface area contributed by atoms with Crippen molar-refractivity contribution in [3.63, 3.8) is 0 Å². The molecule has 10 heteroatoms. The van der Waals surface area contributed by atoms with Gasteiger partial charge in [0.2, 0.25) is 17.8 Å². The van der Waals surface area contributed by atoms with Crippen LogP contribution in [0.15, 0.2) is 48.8 Å². The van der Waals surface area contributed by atoms with Crippen molar-refractivity contribution in [2.45, 2.75) is 18.9 Å². The van der Waals surface area contributed by atoms with Gasteiger partial charge in [0.1, 0.15) is 0 Å². The van der Waals surface area contributed by atoms with Crippen LogP contribution in [0.4, 0.5) is 5.95 Å². The highest BCUT2D eigenvalue weighted by atomic mass is 35.5. The molecule has 2 amide bonds. The molecule has 0 aliphatic carbocycles. The zero-order chi connectivity index (χ0) is 19.8. The van der Waals surface area contributed by atoms with E-state index in [4.69, 9.17) is 5.73 Å². The first kappa shape index (κ1) is 25.6. The van der Waals surface area contributed by atoms with Crippen molar-refractivity contribution in [1.29, 1.82) is 0 Å². The van der Waals surface area contributed by atoms with E-state index in [2.05, 4.69) is 20.2 Å². The second-order valence-electron chi connectivity index (χ2n) is 6.75. The van der Waals surface area contributed by atoms with Gasteiger partial charge >= 0.3 is 0 Å². The van der Waals surface area contributed by atoms with Crippen LogP contribution in [0, 0.1) is 0 Å². The molecule has 0 radical (unpaired) electrons. The highest BCUT2D eigenvalue weighted by Gasteiger charge is 2.22. The lowest BCUT2D eigenvalue weighted by atomic mass is 10.1. The number of nitrogens with one attached hydrogen (secondary N) is 1. The van der Waals surface area contributed by atoms with Crippen LogP contribution in [0.5, 0.6) is 0 Å². The number of hydrogen-bond donors (Lipinski definition) is 2. The van der Waals surface area contributed by atoms with E-state index in [1.807, 2.05) is 35.2 Å². The molecule has 164 valence electrons. The summed E-state index contributed by atoms with van der Waals surface area (Å²) in [7, 11) is 0. The molecule has 1 fully saturated rings. The molecule has 8 nitrogen and oxygen atoms in total. The molecule has 0 bridgehead atoms. The Morgan fingerprint density at radius 1 is 1.00 bits per heavy atom. The third kappa shape index (κ3) is 7.44. The number of rotatable bonds is 7. The smallest absolute Gasteiger partial charge is 0.237 e. The lowest BCUT2D eigenvalue weighted by Gasteiger charge is -2.34. The normalized spacial score (nSPS) is 14.2. The monoisotopic (exact) mass is 454 g/mol. The molecule has 0 spiro atoms. The van der Waals surface area contributed by atoms with Gasteiger partial charge in [-0.1, -0.05) is 30.3 Å². The van der Waals surface area contributed by atoms with Gasteiger partial charge in [0.25, 0.3) is 0 Å². The molecule has 1 unspecified atom stereocenters. The van der Waals surface area contributed by atoms with E-state index in [-0.39, 0.29) is 43.0 Å². The summed E-state index contributed by atoms with van der Waals surface area (Å²) < 4.78 is 0. The Labute approximate surface area is 189 Å². The van der Waals surface area contributed by atoms with E-state index >= 15 is 0 Å². The van der Waals surface area contributed by atoms with E-state index in [0.29, 0.717) is 45.1 Å². The third-order valence-electron chi connectivity index (χ3n) is 4.74. The number of benzene rings is 1. The van der Waals surface area contributed by atoms with Gasteiger partial charge in [-0.05, 0) is 18.1 Å². The Morgan fingerprint density at radius 3 is 2.27 bits per heavy atom. The van der Waals surface area contributed by atoms with Crippen LogP contribution in [-0.2, 0) is 16.0 Å². The molecule has 2 aromatic rings. The molecule has 1 aliphatic rings. The van der Waals surface area contributed by atoms with Crippen molar-refractivity contribution in [3.05, 3.63) is 54.4 Å². The standard InChI is InChI=1S/C20H26N6O2.2ClH/c21-17(15-16-5-2-1-3-6-16)19(28)22-10-7-18(27)25-11-13-26(14-12-25)20-23-8-4-9-24-20;;/h1-6,8-9,17H,7,10-15,21H2,(H,22,28);2*1H. The predicted molar refractivity (Wildman–Crippen MR) is 121 cm³/mol. The van der Waals surface area contributed by atoms with E-state index in [1.54, 1.807) is 18.5 Å². The minimum absolute atomic E-state index is 0. The highest BCUT2D eigenvalue weighted by Crippen LogP contribution is 2.10. The molecule has 1 aromatic carbocycles. The van der Waals surface area contributed by atoms with Crippen LogP contribution < -0.4 is 16.0 Å². The third-order valence-corrected chi connectivity index (χ3v) is 4.74. The summed E-state index contributed by atoms with van der Waals surface area (Å²) in [6.07, 6.45) is 4.17. The molecule has 30 heavy (non-hydrogen) atoms. The van der Waals surface area contributed by atoms with E-state index in [1.165, 1.54) is 0 Å². The van der Waals surface area contributed by atoms with Gasteiger partial charge in [-0.25, -0.2) is 9.97 Å². The Morgan fingerprint density at radius 2 is 1.63 bits per heavy atom. The lowest BCUT2D eigenvalue weighted by molar-refractivity contribution is -0.131. The van der Waals surface area contributed by atoms with Crippen molar-refractivity contribution in [1.82, 2.24) is 20.2 Å². The maximum Gasteiger partial charge on any atom is 0.237 e. The Balaban J connectivity index is 0.00000225. The summed E-state index contributed by atoms with van der Waals surface area (Å²) in [6.45, 7) is 2.94. The van der Waals surface area contributed by atoms with Gasteiger partial charge in [-0.15, -0.1) is 24.8 Å². The van der Waals surface area contributed by atoms with Crippen molar-refractivity contribution in [2.75, 3.05) is 37.6 Å². The molecular formula is C20H28Cl2N6O2. The second-order valence-corrected chi connectivity index (χ2v) is 6.75. The van der Waals surface area contributed by atoms with Crippen molar-refractivity contribution in [2.24, 2.45) is 5.73 Å². The van der Waals surface area contributed by atoms with Crippen LogP contribution in [0.25, 0.3) is 0 Å². The van der Waals surface area contributed by atoms with Crippen LogP contribution in [-0.4, -0.2) is 65.4 Å². The summed E-state index contributed by atoms with van der Waals surface area (Å²) >= 11 is 0. The molecule has 3 N–H and O–H groups in total. The molecule has 1 atom stereocenters. The minimum Gasteiger partial charge on any atom is -0.354 e. The maximum atomic E-state index is 12.4. The predicted octanol–water partition coefficient (Wildman–Crippen LogP) is 1.05. The number of piperazine rings is 1. The fourth-order valence-corrected chi connectivity index (χ4v) is 3.15. The average Bonchev–Trinajstić information content (AvgIpc) is 2.75. The minimum atomic E-state index is -0.619. The molecule has 0 saturated carbocycles. The zero-order valence-electron chi connectivity index (χ0n) is 16.6. The van der Waals surface area contributed by atoms with Crippen LogP contribution in [0.2, 0.25) is 0 Å². The molecule has 1 saturated heterocycles. The second kappa shape index (κ2) is 13.0. The van der Waals surface area contributed by atoms with Gasteiger partial charge in [-0.3, -0.25) is 9.59 Å². The van der Waals surface area contributed by atoms with Crippen molar-refractivity contribution >= 4 is 42.6 Å². The molecule has 3 rings (SSSR count). The van der Waals surface area contributed by atoms with Gasteiger partial charge in [0.15, 0.2) is 0 Å². The first-order valence-corrected chi connectivity index (χ1v) is 9.50. The van der Waals surface area contributed by atoms with Crippen LogP contribution >= 0.6 is 24.8 Å². The van der Waals surface area contributed by atoms with E-state index in [0.717, 1.165) is 5.56 Å². The summed E-state index contributed by atoms with van der Waals surface area (Å²) in [5, 5.41) is 2.77. The van der Waals surface area contributed by atoms with Gasteiger partial charge in [0.05, 0.1) is 6.04 Å². The van der Waals surface area contributed by atoms with Gasteiger partial charge < -0.3 is 20.9 Å². The first-order chi connectivity index (χ1) is 13.6. The van der Waals surface area contributed by atoms with Crippen molar-refractivity contribution < 1.29 is 9.59 Å². The topological polar surface area (TPSA) is 104 Å². The molecule has 1 aromatic heterocycles.